The van der Waals surface area contributed by atoms with E-state index in [9.17, 15) is 13.6 Å². The number of furan rings is 1. The molecule has 0 radical (unpaired) electrons. The lowest BCUT2D eigenvalue weighted by Gasteiger charge is -2.48. The maximum Gasteiger partial charge on any atom is 0.295 e. The number of fused-ring (bicyclic) bond motifs is 2. The van der Waals surface area contributed by atoms with Gasteiger partial charge in [0.2, 0.25) is 0 Å². The summed E-state index contributed by atoms with van der Waals surface area (Å²) in [5.41, 5.74) is 1.48. The molecule has 1 saturated heterocycles. The first kappa shape index (κ1) is 17.2. The van der Waals surface area contributed by atoms with Crippen LogP contribution in [-0.2, 0) is 23.2 Å². The molecule has 0 aliphatic carbocycles. The summed E-state index contributed by atoms with van der Waals surface area (Å²) < 4.78 is 38.4. The van der Waals surface area contributed by atoms with Gasteiger partial charge in [0, 0.05) is 38.4 Å². The molecule has 2 aliphatic heterocycles. The minimum atomic E-state index is -2.73. The first-order valence-corrected chi connectivity index (χ1v) is 8.89. The molecule has 1 amide bonds. The fourth-order valence-electron chi connectivity index (χ4n) is 4.12. The Bertz CT molecular complexity index is 808. The van der Waals surface area contributed by atoms with Crippen molar-refractivity contribution in [2.45, 2.75) is 44.7 Å². The Balaban J connectivity index is 1.73. The maximum atomic E-state index is 13.1. The number of carbonyl (C=O) groups is 1. The van der Waals surface area contributed by atoms with Crippen molar-refractivity contribution in [1.29, 1.82) is 0 Å². The van der Waals surface area contributed by atoms with Gasteiger partial charge in [-0.25, -0.2) is 13.8 Å². The summed E-state index contributed by atoms with van der Waals surface area (Å²) in [6.07, 6.45) is 1.03. The van der Waals surface area contributed by atoms with Crippen molar-refractivity contribution in [3.63, 3.8) is 0 Å². The number of hydrogen-bond donors (Lipinski definition) is 0. The molecule has 2 aromatic rings. The molecule has 1 spiro atoms. The number of aryl methyl sites for hydroxylation is 1. The zero-order valence-corrected chi connectivity index (χ0v) is 14.6. The summed E-state index contributed by atoms with van der Waals surface area (Å²) >= 11 is 0. The van der Waals surface area contributed by atoms with E-state index in [4.69, 9.17) is 9.15 Å². The third kappa shape index (κ3) is 2.55. The Morgan fingerprint density at radius 1 is 1.35 bits per heavy atom. The molecule has 140 valence electrons. The van der Waals surface area contributed by atoms with Crippen molar-refractivity contribution >= 4 is 5.91 Å². The van der Waals surface area contributed by atoms with E-state index in [1.807, 2.05) is 6.33 Å². The third-order valence-corrected chi connectivity index (χ3v) is 5.43. The lowest BCUT2D eigenvalue weighted by Crippen LogP contribution is -2.56. The van der Waals surface area contributed by atoms with E-state index >= 15 is 0 Å². The highest BCUT2D eigenvalue weighted by Crippen LogP contribution is 2.43. The lowest BCUT2D eigenvalue weighted by molar-refractivity contribution is -0.0310. The molecule has 8 heteroatoms. The SMILES string of the molecule is CCn1cnc2c1CCN(C(=O)c1ccc(C(F)F)o1)C21CCOCC1. The fraction of sp³-hybridized carbons (Fsp3) is 0.556. The minimum absolute atomic E-state index is 0.0514. The largest absolute Gasteiger partial charge is 0.450 e. The number of hydrogen-bond acceptors (Lipinski definition) is 4. The second-order valence-corrected chi connectivity index (χ2v) is 6.68. The van der Waals surface area contributed by atoms with E-state index in [-0.39, 0.29) is 11.7 Å². The molecule has 0 atom stereocenters. The van der Waals surface area contributed by atoms with Gasteiger partial charge in [0.25, 0.3) is 12.3 Å². The zero-order chi connectivity index (χ0) is 18.3. The fourth-order valence-corrected chi connectivity index (χ4v) is 4.12. The zero-order valence-electron chi connectivity index (χ0n) is 14.6. The van der Waals surface area contributed by atoms with E-state index in [2.05, 4.69) is 16.5 Å². The van der Waals surface area contributed by atoms with Gasteiger partial charge in [0.15, 0.2) is 11.5 Å². The van der Waals surface area contributed by atoms with Crippen molar-refractivity contribution < 1.29 is 22.7 Å². The molecule has 0 unspecified atom stereocenters. The number of halogens is 2. The van der Waals surface area contributed by atoms with Gasteiger partial charge in [-0.1, -0.05) is 0 Å². The summed E-state index contributed by atoms with van der Waals surface area (Å²) in [6, 6.07) is 2.49. The maximum absolute atomic E-state index is 13.1. The van der Waals surface area contributed by atoms with Crippen LogP contribution in [0.25, 0.3) is 0 Å². The number of carbonyl (C=O) groups excluding carboxylic acids is 1. The normalized spacial score (nSPS) is 19.2. The van der Waals surface area contributed by atoms with E-state index < -0.39 is 17.7 Å². The Hall–Kier alpha value is -2.22. The molecule has 4 rings (SSSR count). The molecule has 0 bridgehead atoms. The Morgan fingerprint density at radius 2 is 2.12 bits per heavy atom. The summed E-state index contributed by atoms with van der Waals surface area (Å²) in [7, 11) is 0. The highest BCUT2D eigenvalue weighted by atomic mass is 19.3. The number of ether oxygens (including phenoxy) is 1. The van der Waals surface area contributed by atoms with Crippen LogP contribution in [0.2, 0.25) is 0 Å². The molecule has 0 saturated carbocycles. The molecule has 0 N–H and O–H groups in total. The minimum Gasteiger partial charge on any atom is -0.450 e. The summed E-state index contributed by atoms with van der Waals surface area (Å²) in [6.45, 7) is 4.44. The first-order valence-electron chi connectivity index (χ1n) is 8.89. The first-order chi connectivity index (χ1) is 12.6. The lowest BCUT2D eigenvalue weighted by atomic mass is 9.80. The number of amides is 1. The summed E-state index contributed by atoms with van der Waals surface area (Å²) in [5, 5.41) is 0. The second-order valence-electron chi connectivity index (χ2n) is 6.68. The van der Waals surface area contributed by atoms with Gasteiger partial charge in [-0.3, -0.25) is 4.79 Å². The number of rotatable bonds is 3. The number of imidazole rings is 1. The van der Waals surface area contributed by atoms with Crippen LogP contribution in [0.1, 0.15) is 53.9 Å². The molecule has 4 heterocycles. The van der Waals surface area contributed by atoms with Crippen LogP contribution in [0.3, 0.4) is 0 Å². The van der Waals surface area contributed by atoms with Crippen LogP contribution in [0, 0.1) is 0 Å². The third-order valence-electron chi connectivity index (χ3n) is 5.43. The number of alkyl halides is 2. The average Bonchev–Trinajstić information content (AvgIpc) is 3.30. The predicted octanol–water partition coefficient (Wildman–Crippen LogP) is 3.14. The van der Waals surface area contributed by atoms with Crippen LogP contribution >= 0.6 is 0 Å². The van der Waals surface area contributed by atoms with Crippen LogP contribution in [0.4, 0.5) is 8.78 Å². The van der Waals surface area contributed by atoms with E-state index in [1.165, 1.54) is 6.07 Å². The molecule has 1 fully saturated rings. The molecule has 2 aromatic heterocycles. The van der Waals surface area contributed by atoms with Gasteiger partial charge >= 0.3 is 0 Å². The van der Waals surface area contributed by atoms with E-state index in [0.717, 1.165) is 24.0 Å². The quantitative estimate of drug-likeness (QED) is 0.838. The topological polar surface area (TPSA) is 60.5 Å². The summed E-state index contributed by atoms with van der Waals surface area (Å²) in [5.74, 6) is -0.901. The van der Waals surface area contributed by atoms with Crippen molar-refractivity contribution in [2.75, 3.05) is 19.8 Å². The van der Waals surface area contributed by atoms with Crippen LogP contribution in [-0.4, -0.2) is 40.1 Å². The van der Waals surface area contributed by atoms with Crippen molar-refractivity contribution in [3.05, 3.63) is 41.4 Å². The smallest absolute Gasteiger partial charge is 0.295 e. The molecule has 26 heavy (non-hydrogen) atoms. The predicted molar refractivity (Wildman–Crippen MR) is 88.0 cm³/mol. The monoisotopic (exact) mass is 365 g/mol. The van der Waals surface area contributed by atoms with Gasteiger partial charge in [0.05, 0.1) is 17.6 Å². The highest BCUT2D eigenvalue weighted by molar-refractivity contribution is 5.92. The second kappa shape index (κ2) is 6.50. The molecular weight excluding hydrogens is 344 g/mol. The van der Waals surface area contributed by atoms with Crippen molar-refractivity contribution in [1.82, 2.24) is 14.5 Å². The average molecular weight is 365 g/mol. The molecular formula is C18H21F2N3O3. The van der Waals surface area contributed by atoms with Gasteiger partial charge in [-0.15, -0.1) is 0 Å². The molecule has 2 aliphatic rings. The van der Waals surface area contributed by atoms with Crippen molar-refractivity contribution in [2.24, 2.45) is 0 Å². The number of aromatic nitrogens is 2. The van der Waals surface area contributed by atoms with Gasteiger partial charge in [-0.2, -0.15) is 0 Å². The van der Waals surface area contributed by atoms with E-state index in [0.29, 0.717) is 39.0 Å². The Morgan fingerprint density at radius 3 is 2.77 bits per heavy atom. The van der Waals surface area contributed by atoms with Gasteiger partial charge in [-0.05, 0) is 31.9 Å². The van der Waals surface area contributed by atoms with Crippen molar-refractivity contribution in [3.8, 4) is 0 Å². The standard InChI is InChI=1S/C18H21F2N3O3/c1-2-22-11-21-15-12(22)5-8-23(18(15)6-9-25-10-7-18)17(24)14-4-3-13(26-14)16(19)20/h3-4,11,16H,2,5-10H2,1H3. The Labute approximate surface area is 149 Å². The van der Waals surface area contributed by atoms with Crippen LogP contribution < -0.4 is 0 Å². The Kier molecular flexibility index (Phi) is 4.30. The van der Waals surface area contributed by atoms with Gasteiger partial charge in [0.1, 0.15) is 0 Å². The highest BCUT2D eigenvalue weighted by Gasteiger charge is 2.49. The number of nitrogens with zero attached hydrogens (tertiary/aromatic N) is 3. The summed E-state index contributed by atoms with van der Waals surface area (Å²) in [4.78, 5) is 19.5. The van der Waals surface area contributed by atoms with Crippen LogP contribution in [0.5, 0.6) is 0 Å². The van der Waals surface area contributed by atoms with E-state index in [1.54, 1.807) is 4.90 Å². The molecule has 6 nitrogen and oxygen atoms in total. The van der Waals surface area contributed by atoms with Gasteiger partial charge < -0.3 is 18.6 Å². The molecule has 0 aromatic carbocycles. The van der Waals surface area contributed by atoms with Crippen LogP contribution in [0.15, 0.2) is 22.9 Å².